The van der Waals surface area contributed by atoms with Gasteiger partial charge in [0.2, 0.25) is 0 Å². The summed E-state index contributed by atoms with van der Waals surface area (Å²) in [6, 6.07) is 7.89. The standard InChI is InChI=1S/C13H13N5.C3H8/c1-10-8-11(2)18(16-10)13-5-3-4-12(15-13)17-7-6-14-9-17;1-3-2/h3-9H,1-2H3;3H2,1-2H3. The zero-order chi connectivity index (χ0) is 15.2. The first-order valence-electron chi connectivity index (χ1n) is 7.14. The van der Waals surface area contributed by atoms with E-state index < -0.39 is 0 Å². The SMILES string of the molecule is CCC.Cc1cc(C)n(-c2cccc(-n3ccnc3)n2)n1. The van der Waals surface area contributed by atoms with Crippen LogP contribution in [0.25, 0.3) is 11.6 Å². The summed E-state index contributed by atoms with van der Waals surface area (Å²) >= 11 is 0. The van der Waals surface area contributed by atoms with Crippen LogP contribution in [0.3, 0.4) is 0 Å². The van der Waals surface area contributed by atoms with Crippen molar-refractivity contribution in [3.63, 3.8) is 0 Å². The van der Waals surface area contributed by atoms with E-state index in [1.54, 1.807) is 12.5 Å². The second-order valence-electron chi connectivity index (χ2n) is 4.87. The van der Waals surface area contributed by atoms with E-state index in [0.29, 0.717) is 0 Å². The van der Waals surface area contributed by atoms with Gasteiger partial charge >= 0.3 is 0 Å². The first kappa shape index (κ1) is 15.0. The molecule has 0 aromatic carbocycles. The minimum Gasteiger partial charge on any atom is -0.290 e. The fourth-order valence-electron chi connectivity index (χ4n) is 1.93. The highest BCUT2D eigenvalue weighted by molar-refractivity contribution is 5.33. The van der Waals surface area contributed by atoms with Crippen molar-refractivity contribution in [2.24, 2.45) is 0 Å². The van der Waals surface area contributed by atoms with Crippen LogP contribution in [0.1, 0.15) is 31.7 Å². The molecule has 110 valence electrons. The Balaban J connectivity index is 0.000000497. The van der Waals surface area contributed by atoms with E-state index in [-0.39, 0.29) is 0 Å². The van der Waals surface area contributed by atoms with E-state index in [2.05, 4.69) is 28.9 Å². The monoisotopic (exact) mass is 283 g/mol. The predicted molar refractivity (Wildman–Crippen MR) is 83.9 cm³/mol. The van der Waals surface area contributed by atoms with Gasteiger partial charge in [-0.05, 0) is 32.0 Å². The van der Waals surface area contributed by atoms with Crippen LogP contribution in [0.2, 0.25) is 0 Å². The van der Waals surface area contributed by atoms with Crippen LogP contribution < -0.4 is 0 Å². The lowest BCUT2D eigenvalue weighted by Crippen LogP contribution is -2.04. The fourth-order valence-corrected chi connectivity index (χ4v) is 1.93. The first-order chi connectivity index (χ1) is 10.2. The molecule has 0 saturated heterocycles. The number of aryl methyl sites for hydroxylation is 2. The van der Waals surface area contributed by atoms with Gasteiger partial charge in [-0.2, -0.15) is 5.10 Å². The molecule has 0 radical (unpaired) electrons. The minimum atomic E-state index is 0.812. The third-order valence-electron chi connectivity index (χ3n) is 2.72. The molecule has 0 unspecified atom stereocenters. The zero-order valence-electron chi connectivity index (χ0n) is 13.0. The lowest BCUT2D eigenvalue weighted by Gasteiger charge is -2.06. The molecule has 0 spiro atoms. The van der Waals surface area contributed by atoms with Gasteiger partial charge < -0.3 is 0 Å². The van der Waals surface area contributed by atoms with Crippen molar-refractivity contribution in [1.29, 1.82) is 0 Å². The topological polar surface area (TPSA) is 48.5 Å². The fraction of sp³-hybridized carbons (Fsp3) is 0.312. The number of hydrogen-bond donors (Lipinski definition) is 0. The molecule has 0 atom stereocenters. The highest BCUT2D eigenvalue weighted by Crippen LogP contribution is 2.12. The van der Waals surface area contributed by atoms with Crippen LogP contribution in [0, 0.1) is 13.8 Å². The summed E-state index contributed by atoms with van der Waals surface area (Å²) in [5.74, 6) is 1.64. The Labute approximate surface area is 125 Å². The Hall–Kier alpha value is -2.43. The lowest BCUT2D eigenvalue weighted by molar-refractivity contribution is 0.798. The van der Waals surface area contributed by atoms with Gasteiger partial charge in [0.05, 0.1) is 5.69 Å². The van der Waals surface area contributed by atoms with E-state index in [1.165, 1.54) is 6.42 Å². The van der Waals surface area contributed by atoms with Gasteiger partial charge in [-0.1, -0.05) is 26.3 Å². The Morgan fingerprint density at radius 2 is 1.81 bits per heavy atom. The predicted octanol–water partition coefficient (Wildman–Crippen LogP) is 3.49. The van der Waals surface area contributed by atoms with Gasteiger partial charge in [0, 0.05) is 18.1 Å². The molecule has 0 saturated carbocycles. The zero-order valence-corrected chi connectivity index (χ0v) is 13.0. The number of aromatic nitrogens is 5. The van der Waals surface area contributed by atoms with Gasteiger partial charge in [-0.3, -0.25) is 4.57 Å². The van der Waals surface area contributed by atoms with Crippen molar-refractivity contribution in [3.8, 4) is 11.6 Å². The van der Waals surface area contributed by atoms with Crippen molar-refractivity contribution in [2.45, 2.75) is 34.1 Å². The normalized spacial score (nSPS) is 10.1. The number of pyridine rings is 1. The van der Waals surface area contributed by atoms with Gasteiger partial charge in [0.1, 0.15) is 12.1 Å². The van der Waals surface area contributed by atoms with Crippen molar-refractivity contribution in [3.05, 3.63) is 54.4 Å². The summed E-state index contributed by atoms with van der Waals surface area (Å²) in [7, 11) is 0. The Morgan fingerprint density at radius 3 is 2.38 bits per heavy atom. The molecule has 21 heavy (non-hydrogen) atoms. The molecule has 0 bridgehead atoms. The summed E-state index contributed by atoms with van der Waals surface area (Å²) < 4.78 is 3.71. The molecule has 3 heterocycles. The molecule has 0 N–H and O–H groups in total. The molecule has 0 fully saturated rings. The van der Waals surface area contributed by atoms with Crippen LogP contribution >= 0.6 is 0 Å². The minimum absolute atomic E-state index is 0.812. The quantitative estimate of drug-likeness (QED) is 0.723. The molecule has 3 aromatic rings. The molecular formula is C16H21N5. The molecule has 0 aliphatic carbocycles. The van der Waals surface area contributed by atoms with Crippen LogP contribution in [0.5, 0.6) is 0 Å². The molecule has 0 amide bonds. The third kappa shape index (κ3) is 3.56. The molecule has 0 aliphatic rings. The maximum absolute atomic E-state index is 4.58. The summed E-state index contributed by atoms with van der Waals surface area (Å²) in [6.45, 7) is 8.24. The summed E-state index contributed by atoms with van der Waals surface area (Å²) in [4.78, 5) is 8.61. The maximum atomic E-state index is 4.58. The van der Waals surface area contributed by atoms with Crippen LogP contribution in [0.15, 0.2) is 43.0 Å². The Kier molecular flexibility index (Phi) is 4.87. The lowest BCUT2D eigenvalue weighted by atomic mass is 10.4. The molecule has 5 heteroatoms. The van der Waals surface area contributed by atoms with E-state index in [9.17, 15) is 0 Å². The molecular weight excluding hydrogens is 262 g/mol. The second kappa shape index (κ2) is 6.83. The first-order valence-corrected chi connectivity index (χ1v) is 7.14. The molecule has 3 aromatic heterocycles. The van der Waals surface area contributed by atoms with Gasteiger partial charge in [-0.15, -0.1) is 0 Å². The number of nitrogens with zero attached hydrogens (tertiary/aromatic N) is 5. The van der Waals surface area contributed by atoms with Crippen LogP contribution in [-0.4, -0.2) is 24.3 Å². The smallest absolute Gasteiger partial charge is 0.156 e. The average molecular weight is 283 g/mol. The maximum Gasteiger partial charge on any atom is 0.156 e. The number of hydrogen-bond acceptors (Lipinski definition) is 3. The number of imidazole rings is 1. The van der Waals surface area contributed by atoms with Crippen molar-refractivity contribution in [1.82, 2.24) is 24.3 Å². The van der Waals surface area contributed by atoms with Gasteiger partial charge in [0.25, 0.3) is 0 Å². The van der Waals surface area contributed by atoms with Crippen molar-refractivity contribution in [2.75, 3.05) is 0 Å². The van der Waals surface area contributed by atoms with Crippen molar-refractivity contribution < 1.29 is 0 Å². The van der Waals surface area contributed by atoms with E-state index >= 15 is 0 Å². The van der Waals surface area contributed by atoms with E-state index in [0.717, 1.165) is 23.0 Å². The van der Waals surface area contributed by atoms with Crippen molar-refractivity contribution >= 4 is 0 Å². The highest BCUT2D eigenvalue weighted by Gasteiger charge is 2.06. The van der Waals surface area contributed by atoms with Crippen LogP contribution in [0.4, 0.5) is 0 Å². The summed E-state index contributed by atoms with van der Waals surface area (Å²) in [5, 5.41) is 4.43. The summed E-state index contributed by atoms with van der Waals surface area (Å²) in [6.07, 6.45) is 6.58. The summed E-state index contributed by atoms with van der Waals surface area (Å²) in [5.41, 5.74) is 2.06. The third-order valence-corrected chi connectivity index (χ3v) is 2.72. The van der Waals surface area contributed by atoms with Gasteiger partial charge in [-0.25, -0.2) is 14.6 Å². The van der Waals surface area contributed by atoms with E-state index in [1.807, 2.05) is 53.6 Å². The molecule has 5 nitrogen and oxygen atoms in total. The van der Waals surface area contributed by atoms with Gasteiger partial charge in [0.15, 0.2) is 5.82 Å². The average Bonchev–Trinajstić information content (AvgIpc) is 3.09. The molecule has 3 rings (SSSR count). The number of rotatable bonds is 2. The highest BCUT2D eigenvalue weighted by atomic mass is 15.3. The largest absolute Gasteiger partial charge is 0.290 e. The Morgan fingerprint density at radius 1 is 1.10 bits per heavy atom. The Bertz CT molecular complexity index is 683. The van der Waals surface area contributed by atoms with Crippen LogP contribution in [-0.2, 0) is 0 Å². The second-order valence-corrected chi connectivity index (χ2v) is 4.87. The van der Waals surface area contributed by atoms with E-state index in [4.69, 9.17) is 0 Å². The molecule has 0 aliphatic heterocycles.